The number of hydrogen-bond acceptors (Lipinski definition) is 6. The number of rotatable bonds is 8. The van der Waals surface area contributed by atoms with Crippen molar-refractivity contribution in [3.05, 3.63) is 70.1 Å². The number of nitrogen functional groups attached to an aromatic ring is 1. The first-order chi connectivity index (χ1) is 15.7. The number of ether oxygens (including phenoxy) is 1. The first-order valence-electron chi connectivity index (χ1n) is 10.4. The maximum atomic E-state index is 14.3. The largest absolute Gasteiger partial charge is 0.454 e. The number of benzene rings is 2. The number of nitrogens with two attached hydrogens (primary N) is 1. The highest BCUT2D eigenvalue weighted by Crippen LogP contribution is 2.39. The van der Waals surface area contributed by atoms with Crippen LogP contribution in [0, 0.1) is 11.6 Å². The second-order valence-electron chi connectivity index (χ2n) is 7.58. The Morgan fingerprint density at radius 1 is 1.18 bits per heavy atom. The van der Waals surface area contributed by atoms with E-state index in [1.165, 1.54) is 28.8 Å². The maximum Gasteiger partial charge on any atom is 0.261 e. The van der Waals surface area contributed by atoms with Crippen LogP contribution in [-0.4, -0.2) is 22.6 Å². The quantitative estimate of drug-likeness (QED) is 0.329. The number of pyridine rings is 1. The van der Waals surface area contributed by atoms with Gasteiger partial charge in [0.2, 0.25) is 0 Å². The third-order valence-corrected chi connectivity index (χ3v) is 5.34. The molecule has 6 nitrogen and oxygen atoms in total. The van der Waals surface area contributed by atoms with E-state index in [1.807, 2.05) is 20.8 Å². The molecule has 1 heterocycles. The second-order valence-corrected chi connectivity index (χ2v) is 8.65. The van der Waals surface area contributed by atoms with Crippen molar-refractivity contribution in [1.82, 2.24) is 4.57 Å². The van der Waals surface area contributed by atoms with Crippen LogP contribution in [0.5, 0.6) is 11.5 Å². The predicted octanol–water partition coefficient (Wildman–Crippen LogP) is 5.61. The Hall–Kier alpha value is -3.33. The van der Waals surface area contributed by atoms with Gasteiger partial charge in [-0.25, -0.2) is 8.78 Å². The van der Waals surface area contributed by atoms with Crippen LogP contribution >= 0.6 is 11.9 Å². The van der Waals surface area contributed by atoms with Crippen molar-refractivity contribution in [2.24, 2.45) is 12.0 Å². The van der Waals surface area contributed by atoms with E-state index in [-0.39, 0.29) is 28.6 Å². The molecule has 0 fully saturated rings. The lowest BCUT2D eigenvalue weighted by Gasteiger charge is -2.17. The highest BCUT2D eigenvalue weighted by molar-refractivity contribution is 8.00. The molecular formula is C24H26F2N4O2S. The Morgan fingerprint density at radius 2 is 1.91 bits per heavy atom. The standard InChI is InChI=1S/C24H26F2N4O2S/c1-5-33-29-16-7-9-21(32-22-8-6-15(25)10-20(22)26)17(11-16)19-13-30(4)24(31)18(23(19)27)12-28-14(2)3/h6-14,29H,5,27H2,1-4H3. The van der Waals surface area contributed by atoms with Crippen molar-refractivity contribution in [1.29, 1.82) is 0 Å². The molecule has 0 aliphatic heterocycles. The van der Waals surface area contributed by atoms with Gasteiger partial charge in [-0.05, 0) is 44.2 Å². The smallest absolute Gasteiger partial charge is 0.261 e. The number of aryl methyl sites for hydroxylation is 1. The van der Waals surface area contributed by atoms with Gasteiger partial charge >= 0.3 is 0 Å². The van der Waals surface area contributed by atoms with Crippen molar-refractivity contribution in [3.8, 4) is 22.6 Å². The normalized spacial score (nSPS) is 11.4. The van der Waals surface area contributed by atoms with Gasteiger partial charge in [-0.1, -0.05) is 18.9 Å². The van der Waals surface area contributed by atoms with E-state index in [0.29, 0.717) is 16.9 Å². The van der Waals surface area contributed by atoms with Crippen LogP contribution in [0.15, 0.2) is 52.4 Å². The number of nitrogens with zero attached hydrogens (tertiary/aromatic N) is 2. The topological polar surface area (TPSA) is 81.6 Å². The summed E-state index contributed by atoms with van der Waals surface area (Å²) < 4.78 is 38.1. The minimum Gasteiger partial charge on any atom is -0.454 e. The molecule has 0 bridgehead atoms. The minimum atomic E-state index is -0.831. The summed E-state index contributed by atoms with van der Waals surface area (Å²) in [4.78, 5) is 17.0. The van der Waals surface area contributed by atoms with Crippen LogP contribution in [0.1, 0.15) is 26.3 Å². The maximum absolute atomic E-state index is 14.3. The molecule has 3 N–H and O–H groups in total. The lowest BCUT2D eigenvalue weighted by atomic mass is 10.0. The fraction of sp³-hybridized carbons (Fsp3) is 0.250. The summed E-state index contributed by atoms with van der Waals surface area (Å²) in [6.45, 7) is 5.80. The molecule has 0 aliphatic rings. The molecule has 0 saturated heterocycles. The van der Waals surface area contributed by atoms with Gasteiger partial charge in [0.25, 0.3) is 5.56 Å². The predicted molar refractivity (Wildman–Crippen MR) is 132 cm³/mol. The van der Waals surface area contributed by atoms with Crippen molar-refractivity contribution < 1.29 is 13.5 Å². The Bertz CT molecular complexity index is 1240. The molecule has 174 valence electrons. The van der Waals surface area contributed by atoms with Gasteiger partial charge in [-0.3, -0.25) is 9.79 Å². The molecule has 0 atom stereocenters. The number of aliphatic imine (C=N–C) groups is 1. The summed E-state index contributed by atoms with van der Waals surface area (Å²) >= 11 is 1.50. The van der Waals surface area contributed by atoms with Gasteiger partial charge < -0.3 is 19.8 Å². The van der Waals surface area contributed by atoms with Crippen LogP contribution in [0.4, 0.5) is 20.2 Å². The summed E-state index contributed by atoms with van der Waals surface area (Å²) in [6.07, 6.45) is 3.07. The van der Waals surface area contributed by atoms with Gasteiger partial charge in [0.05, 0.1) is 11.3 Å². The molecule has 9 heteroatoms. The van der Waals surface area contributed by atoms with E-state index in [1.54, 1.807) is 31.4 Å². The highest BCUT2D eigenvalue weighted by atomic mass is 32.2. The van der Waals surface area contributed by atoms with Gasteiger partial charge in [0.15, 0.2) is 11.6 Å². The van der Waals surface area contributed by atoms with E-state index >= 15 is 0 Å². The Morgan fingerprint density at radius 3 is 2.58 bits per heavy atom. The van der Waals surface area contributed by atoms with E-state index in [4.69, 9.17) is 10.5 Å². The fourth-order valence-corrected chi connectivity index (χ4v) is 3.50. The monoisotopic (exact) mass is 472 g/mol. The van der Waals surface area contributed by atoms with Crippen molar-refractivity contribution >= 4 is 29.5 Å². The zero-order valence-electron chi connectivity index (χ0n) is 18.9. The minimum absolute atomic E-state index is 0.0169. The molecule has 2 aromatic carbocycles. The molecule has 0 spiro atoms. The van der Waals surface area contributed by atoms with E-state index < -0.39 is 11.6 Å². The van der Waals surface area contributed by atoms with Crippen LogP contribution in [0.25, 0.3) is 11.1 Å². The van der Waals surface area contributed by atoms with Gasteiger partial charge in [0.1, 0.15) is 11.6 Å². The number of nitrogens with one attached hydrogen (secondary N) is 1. The summed E-state index contributed by atoms with van der Waals surface area (Å²) in [5.74, 6) is -0.530. The lowest BCUT2D eigenvalue weighted by molar-refractivity contribution is 0.439. The zero-order valence-corrected chi connectivity index (χ0v) is 19.7. The molecule has 1 aromatic heterocycles. The number of hydrogen-bond donors (Lipinski definition) is 2. The number of aromatic nitrogens is 1. The van der Waals surface area contributed by atoms with E-state index in [2.05, 4.69) is 9.71 Å². The average Bonchev–Trinajstić information content (AvgIpc) is 2.77. The molecule has 33 heavy (non-hydrogen) atoms. The molecule has 0 radical (unpaired) electrons. The van der Waals surface area contributed by atoms with Crippen molar-refractivity contribution in [3.63, 3.8) is 0 Å². The van der Waals surface area contributed by atoms with E-state index in [9.17, 15) is 13.6 Å². The third kappa shape index (κ3) is 5.73. The van der Waals surface area contributed by atoms with Gasteiger partial charge in [-0.15, -0.1) is 0 Å². The summed E-state index contributed by atoms with van der Waals surface area (Å²) in [7, 11) is 1.62. The first kappa shape index (κ1) is 24.3. The average molecular weight is 473 g/mol. The van der Waals surface area contributed by atoms with Crippen LogP contribution < -0.4 is 20.8 Å². The molecule has 0 unspecified atom stereocenters. The van der Waals surface area contributed by atoms with Crippen LogP contribution in [-0.2, 0) is 7.05 Å². The first-order valence-corrected chi connectivity index (χ1v) is 11.4. The summed E-state index contributed by atoms with van der Waals surface area (Å²) in [5.41, 5.74) is 8.44. The Labute approximate surface area is 195 Å². The SMILES string of the molecule is CCSNc1ccc(Oc2ccc(F)cc2F)c(-c2cn(C)c(=O)c(C=NC(C)C)c2N)c1. The molecule has 3 aromatic rings. The lowest BCUT2D eigenvalue weighted by Crippen LogP contribution is -2.23. The Kier molecular flexibility index (Phi) is 7.75. The number of anilines is 2. The number of halogens is 2. The van der Waals surface area contributed by atoms with Gasteiger partial charge in [0, 0.05) is 54.1 Å². The van der Waals surface area contributed by atoms with E-state index in [0.717, 1.165) is 23.6 Å². The van der Waals surface area contributed by atoms with Crippen molar-refractivity contribution in [2.45, 2.75) is 26.8 Å². The summed E-state index contributed by atoms with van der Waals surface area (Å²) in [5, 5.41) is 0. The zero-order chi connectivity index (χ0) is 24.1. The van der Waals surface area contributed by atoms with Crippen LogP contribution in [0.3, 0.4) is 0 Å². The third-order valence-electron chi connectivity index (χ3n) is 4.67. The van der Waals surface area contributed by atoms with Crippen molar-refractivity contribution in [2.75, 3.05) is 16.2 Å². The fourth-order valence-electron chi connectivity index (χ4n) is 3.06. The second kappa shape index (κ2) is 10.5. The molecule has 3 rings (SSSR count). The molecular weight excluding hydrogens is 446 g/mol. The molecule has 0 aliphatic carbocycles. The van der Waals surface area contributed by atoms with Crippen LogP contribution in [0.2, 0.25) is 0 Å². The summed E-state index contributed by atoms with van der Waals surface area (Å²) in [6, 6.07) is 8.33. The van der Waals surface area contributed by atoms with Gasteiger partial charge in [-0.2, -0.15) is 0 Å². The highest BCUT2D eigenvalue weighted by Gasteiger charge is 2.18. The molecule has 0 saturated carbocycles. The molecule has 0 amide bonds. The Balaban J connectivity index is 2.20.